The third kappa shape index (κ3) is 4.58. The number of rotatable bonds is 5. The van der Waals surface area contributed by atoms with Crippen LogP contribution in [0.25, 0.3) is 10.8 Å². The van der Waals surface area contributed by atoms with Gasteiger partial charge in [0, 0.05) is 10.4 Å². The Morgan fingerprint density at radius 1 is 1.14 bits per heavy atom. The number of nitrogens with one attached hydrogen (secondary N) is 1. The fourth-order valence-corrected chi connectivity index (χ4v) is 3.02. The molecule has 0 saturated heterocycles. The molecule has 0 aliphatic heterocycles. The molecule has 0 aliphatic rings. The van der Waals surface area contributed by atoms with Gasteiger partial charge in [-0.3, -0.25) is 9.59 Å². The second-order valence-corrected chi connectivity index (χ2v) is 7.33. The smallest absolute Gasteiger partial charge is 0.359 e. The lowest BCUT2D eigenvalue weighted by molar-refractivity contribution is -0.119. The van der Waals surface area contributed by atoms with Gasteiger partial charge >= 0.3 is 5.97 Å². The molecule has 0 radical (unpaired) electrons. The van der Waals surface area contributed by atoms with Gasteiger partial charge in [0.25, 0.3) is 11.5 Å². The predicted octanol–water partition coefficient (Wildman–Crippen LogP) is 4.08. The lowest BCUT2D eigenvalue weighted by Gasteiger charge is -2.13. The van der Waals surface area contributed by atoms with Crippen molar-refractivity contribution in [3.05, 3.63) is 68.6 Å². The summed E-state index contributed by atoms with van der Waals surface area (Å²) in [6.07, 6.45) is 0. The molecule has 0 fully saturated rings. The number of carbonyl (C=O) groups excluding carboxylic acids is 2. The summed E-state index contributed by atoms with van der Waals surface area (Å²) in [5.41, 5.74) is -0.0415. The highest BCUT2D eigenvalue weighted by molar-refractivity contribution is 6.35. The molecule has 0 bridgehead atoms. The highest BCUT2D eigenvalue weighted by Gasteiger charge is 2.20. The molecule has 150 valence electrons. The van der Waals surface area contributed by atoms with Crippen molar-refractivity contribution in [2.45, 2.75) is 19.9 Å². The monoisotopic (exact) mass is 433 g/mol. The molecule has 1 aromatic heterocycles. The molecule has 7 nitrogen and oxygen atoms in total. The van der Waals surface area contributed by atoms with Crippen LogP contribution in [0.1, 0.15) is 30.4 Å². The Morgan fingerprint density at radius 2 is 1.83 bits per heavy atom. The maximum atomic E-state index is 12.6. The molecule has 0 unspecified atom stereocenters. The van der Waals surface area contributed by atoms with Crippen molar-refractivity contribution in [3.8, 4) is 0 Å². The molecule has 1 amide bonds. The Hall–Kier alpha value is -2.90. The first-order valence-electron chi connectivity index (χ1n) is 8.71. The topological polar surface area (TPSA) is 90.3 Å². The summed E-state index contributed by atoms with van der Waals surface area (Å²) in [7, 11) is 0. The van der Waals surface area contributed by atoms with Crippen molar-refractivity contribution in [1.29, 1.82) is 0 Å². The summed E-state index contributed by atoms with van der Waals surface area (Å²) in [6.45, 7) is 3.00. The molecule has 1 heterocycles. The number of hydrogen-bond acceptors (Lipinski definition) is 5. The summed E-state index contributed by atoms with van der Waals surface area (Å²) in [6, 6.07) is 11.0. The second kappa shape index (κ2) is 8.63. The molecule has 3 rings (SSSR count). The molecule has 0 saturated carbocycles. The zero-order valence-electron chi connectivity index (χ0n) is 15.6. The van der Waals surface area contributed by atoms with Gasteiger partial charge in [0.2, 0.25) is 0 Å². The third-order valence-electron chi connectivity index (χ3n) is 4.05. The van der Waals surface area contributed by atoms with Crippen LogP contribution in [0, 0.1) is 0 Å². The Morgan fingerprint density at radius 3 is 2.52 bits per heavy atom. The molecular weight excluding hydrogens is 417 g/mol. The van der Waals surface area contributed by atoms with E-state index in [1.807, 2.05) is 0 Å². The summed E-state index contributed by atoms with van der Waals surface area (Å²) in [5, 5.41) is 8.07. The molecule has 3 aromatic rings. The van der Waals surface area contributed by atoms with Gasteiger partial charge in [0.1, 0.15) is 0 Å². The van der Waals surface area contributed by atoms with Gasteiger partial charge in [-0.05, 0) is 38.1 Å². The number of amides is 1. The SMILES string of the molecule is CC(C)n1nc(C(=O)OCC(=O)Nc2cc(Cl)ccc2Cl)c2ccccc2c1=O. The van der Waals surface area contributed by atoms with Gasteiger partial charge in [-0.25, -0.2) is 9.48 Å². The van der Waals surface area contributed by atoms with Gasteiger partial charge < -0.3 is 10.1 Å². The lowest BCUT2D eigenvalue weighted by atomic mass is 10.1. The van der Waals surface area contributed by atoms with E-state index in [4.69, 9.17) is 27.9 Å². The fourth-order valence-electron chi connectivity index (χ4n) is 2.69. The normalized spacial score (nSPS) is 10.9. The van der Waals surface area contributed by atoms with Gasteiger partial charge in [-0.2, -0.15) is 5.10 Å². The largest absolute Gasteiger partial charge is 0.451 e. The van der Waals surface area contributed by atoms with E-state index in [0.717, 1.165) is 0 Å². The van der Waals surface area contributed by atoms with Crippen molar-refractivity contribution < 1.29 is 14.3 Å². The first kappa shape index (κ1) is 20.8. The third-order valence-corrected chi connectivity index (χ3v) is 4.61. The minimum absolute atomic E-state index is 0.0394. The predicted molar refractivity (Wildman–Crippen MR) is 112 cm³/mol. The van der Waals surface area contributed by atoms with Crippen LogP contribution in [-0.2, 0) is 9.53 Å². The highest BCUT2D eigenvalue weighted by atomic mass is 35.5. The first-order chi connectivity index (χ1) is 13.8. The Labute approximate surface area is 176 Å². The van der Waals surface area contributed by atoms with E-state index < -0.39 is 18.5 Å². The molecule has 29 heavy (non-hydrogen) atoms. The average Bonchev–Trinajstić information content (AvgIpc) is 2.69. The first-order valence-corrected chi connectivity index (χ1v) is 9.47. The molecule has 0 aliphatic carbocycles. The molecule has 1 N–H and O–H groups in total. The number of esters is 1. The lowest BCUT2D eigenvalue weighted by Crippen LogP contribution is -2.28. The van der Waals surface area contributed by atoms with Gasteiger partial charge in [-0.15, -0.1) is 0 Å². The number of carbonyl (C=O) groups is 2. The van der Waals surface area contributed by atoms with Gasteiger partial charge in [-0.1, -0.05) is 41.4 Å². The number of ether oxygens (including phenoxy) is 1. The summed E-state index contributed by atoms with van der Waals surface area (Å²) < 4.78 is 6.32. The summed E-state index contributed by atoms with van der Waals surface area (Å²) >= 11 is 11.9. The molecular formula is C20H17Cl2N3O4. The quantitative estimate of drug-likeness (QED) is 0.612. The molecule has 9 heteroatoms. The van der Waals surface area contributed by atoms with Crippen molar-refractivity contribution in [2.75, 3.05) is 11.9 Å². The van der Waals surface area contributed by atoms with Gasteiger partial charge in [0.15, 0.2) is 12.3 Å². The maximum Gasteiger partial charge on any atom is 0.359 e. The Kier molecular flexibility index (Phi) is 6.20. The number of aromatic nitrogens is 2. The van der Waals surface area contributed by atoms with E-state index in [1.54, 1.807) is 44.2 Å². The Balaban J connectivity index is 1.81. The summed E-state index contributed by atoms with van der Waals surface area (Å²) in [5.74, 6) is -1.41. The van der Waals surface area contributed by atoms with Crippen molar-refractivity contribution in [3.63, 3.8) is 0 Å². The number of anilines is 1. The number of halogens is 2. The highest BCUT2D eigenvalue weighted by Crippen LogP contribution is 2.25. The van der Waals surface area contributed by atoms with Crippen LogP contribution in [0.2, 0.25) is 10.0 Å². The minimum atomic E-state index is -0.817. The van der Waals surface area contributed by atoms with E-state index in [0.29, 0.717) is 26.5 Å². The van der Waals surface area contributed by atoms with Crippen LogP contribution < -0.4 is 10.9 Å². The zero-order chi connectivity index (χ0) is 21.1. The molecule has 2 aromatic carbocycles. The number of benzene rings is 2. The van der Waals surface area contributed by atoms with E-state index in [2.05, 4.69) is 10.4 Å². The zero-order valence-corrected chi connectivity index (χ0v) is 17.1. The van der Waals surface area contributed by atoms with E-state index in [-0.39, 0.29) is 17.3 Å². The second-order valence-electron chi connectivity index (χ2n) is 6.49. The van der Waals surface area contributed by atoms with Crippen LogP contribution in [0.15, 0.2) is 47.3 Å². The van der Waals surface area contributed by atoms with Crippen LogP contribution in [0.4, 0.5) is 5.69 Å². The van der Waals surface area contributed by atoms with Gasteiger partial charge in [0.05, 0.1) is 22.1 Å². The maximum absolute atomic E-state index is 12.6. The average molecular weight is 434 g/mol. The van der Waals surface area contributed by atoms with E-state index in [9.17, 15) is 14.4 Å². The van der Waals surface area contributed by atoms with Crippen molar-refractivity contribution >= 4 is 51.5 Å². The van der Waals surface area contributed by atoms with Crippen molar-refractivity contribution in [1.82, 2.24) is 9.78 Å². The Bertz CT molecular complexity index is 1160. The van der Waals surface area contributed by atoms with Crippen LogP contribution in [0.5, 0.6) is 0 Å². The molecule has 0 atom stereocenters. The number of hydrogen-bond donors (Lipinski definition) is 1. The standard InChI is InChI=1S/C20H17Cl2N3O4/c1-11(2)25-19(27)14-6-4-3-5-13(14)18(24-25)20(28)29-10-17(26)23-16-9-12(21)7-8-15(16)22/h3-9,11H,10H2,1-2H3,(H,23,26). The van der Waals surface area contributed by atoms with Crippen LogP contribution in [-0.4, -0.2) is 28.3 Å². The molecule has 0 spiro atoms. The minimum Gasteiger partial charge on any atom is -0.451 e. The van der Waals surface area contributed by atoms with Crippen LogP contribution in [0.3, 0.4) is 0 Å². The number of nitrogens with zero attached hydrogens (tertiary/aromatic N) is 2. The van der Waals surface area contributed by atoms with Crippen molar-refractivity contribution in [2.24, 2.45) is 0 Å². The van der Waals surface area contributed by atoms with Crippen LogP contribution >= 0.6 is 23.2 Å². The number of fused-ring (bicyclic) bond motifs is 1. The fraction of sp³-hybridized carbons (Fsp3) is 0.200. The summed E-state index contributed by atoms with van der Waals surface area (Å²) in [4.78, 5) is 37.3. The van der Waals surface area contributed by atoms with E-state index >= 15 is 0 Å². The van der Waals surface area contributed by atoms with E-state index in [1.165, 1.54) is 16.8 Å².